The predicted octanol–water partition coefficient (Wildman–Crippen LogP) is 2.34. The van der Waals surface area contributed by atoms with Crippen molar-refractivity contribution in [3.63, 3.8) is 0 Å². The number of anilines is 1. The highest BCUT2D eigenvalue weighted by Crippen LogP contribution is 2.48. The molecule has 1 fully saturated rings. The van der Waals surface area contributed by atoms with Gasteiger partial charge < -0.3 is 4.90 Å². The van der Waals surface area contributed by atoms with Gasteiger partial charge >= 0.3 is 0 Å². The zero-order chi connectivity index (χ0) is 17.4. The highest BCUT2D eigenvalue weighted by Gasteiger charge is 2.46. The molecule has 1 aromatic heterocycles. The van der Waals surface area contributed by atoms with Crippen LogP contribution in [-0.2, 0) is 0 Å². The first-order chi connectivity index (χ1) is 12.7. The van der Waals surface area contributed by atoms with Crippen molar-refractivity contribution in [2.75, 3.05) is 16.7 Å². The van der Waals surface area contributed by atoms with Crippen LogP contribution in [0.3, 0.4) is 0 Å². The summed E-state index contributed by atoms with van der Waals surface area (Å²) in [7, 11) is 0. The van der Waals surface area contributed by atoms with Gasteiger partial charge in [-0.1, -0.05) is 25.1 Å². The molecular weight excluding hydrogens is 352 g/mol. The minimum Gasteiger partial charge on any atom is -0.305 e. The maximum atomic E-state index is 6.32. The van der Waals surface area contributed by atoms with E-state index in [0.29, 0.717) is 18.5 Å². The van der Waals surface area contributed by atoms with Gasteiger partial charge in [-0.05, 0) is 23.6 Å². The summed E-state index contributed by atoms with van der Waals surface area (Å²) in [6.45, 7) is 2.85. The average molecular weight is 369 g/mol. The van der Waals surface area contributed by atoms with Gasteiger partial charge in [0.1, 0.15) is 13.0 Å². The maximum Gasteiger partial charge on any atom is 0.173 e. The predicted molar refractivity (Wildman–Crippen MR) is 97.4 cm³/mol. The summed E-state index contributed by atoms with van der Waals surface area (Å²) in [5.74, 6) is 2.16. The van der Waals surface area contributed by atoms with E-state index in [1.807, 2.05) is 40.8 Å². The van der Waals surface area contributed by atoms with E-state index in [4.69, 9.17) is 16.8 Å². The SMILES string of the molecule is CC1CC1c1cnnn1N1C=NC2c3ccccc3N3CN(Cl)C=C3N21. The third kappa shape index (κ3) is 1.82. The van der Waals surface area contributed by atoms with Crippen molar-refractivity contribution >= 4 is 23.8 Å². The molecular formula is C17H17ClN8. The molecule has 1 aliphatic carbocycles. The number of aliphatic imine (C=N–C) groups is 1. The zero-order valence-electron chi connectivity index (χ0n) is 14.1. The number of benzene rings is 1. The maximum absolute atomic E-state index is 6.32. The van der Waals surface area contributed by atoms with Crippen molar-refractivity contribution in [3.05, 3.63) is 53.7 Å². The molecule has 1 aromatic carbocycles. The molecule has 6 rings (SSSR count). The normalized spacial score (nSPS) is 28.2. The van der Waals surface area contributed by atoms with Crippen molar-refractivity contribution in [2.45, 2.75) is 25.4 Å². The van der Waals surface area contributed by atoms with E-state index in [-0.39, 0.29) is 6.17 Å². The Bertz CT molecular complexity index is 952. The van der Waals surface area contributed by atoms with Gasteiger partial charge in [0, 0.05) is 23.3 Å². The van der Waals surface area contributed by atoms with Crippen molar-refractivity contribution in [1.29, 1.82) is 0 Å². The smallest absolute Gasteiger partial charge is 0.173 e. The van der Waals surface area contributed by atoms with Crippen molar-refractivity contribution < 1.29 is 0 Å². The quantitative estimate of drug-likeness (QED) is 0.758. The van der Waals surface area contributed by atoms with Crippen LogP contribution in [0.15, 0.2) is 47.5 Å². The van der Waals surface area contributed by atoms with Gasteiger partial charge in [0.05, 0.1) is 23.8 Å². The molecule has 9 heteroatoms. The van der Waals surface area contributed by atoms with Crippen LogP contribution in [0.1, 0.15) is 36.7 Å². The molecule has 0 radical (unpaired) electrons. The van der Waals surface area contributed by atoms with E-state index in [2.05, 4.69) is 39.3 Å². The van der Waals surface area contributed by atoms with Crippen LogP contribution in [0.5, 0.6) is 0 Å². The van der Waals surface area contributed by atoms with Gasteiger partial charge in [-0.3, -0.25) is 4.42 Å². The Morgan fingerprint density at radius 1 is 1.23 bits per heavy atom. The first-order valence-corrected chi connectivity index (χ1v) is 9.09. The molecule has 3 atom stereocenters. The Labute approximate surface area is 155 Å². The molecule has 1 saturated carbocycles. The van der Waals surface area contributed by atoms with Crippen LogP contribution in [0.25, 0.3) is 0 Å². The van der Waals surface area contributed by atoms with Crippen LogP contribution < -0.4 is 10.0 Å². The van der Waals surface area contributed by atoms with Crippen molar-refractivity contribution in [3.8, 4) is 0 Å². The van der Waals surface area contributed by atoms with Gasteiger partial charge in [0.15, 0.2) is 12.0 Å². The lowest BCUT2D eigenvalue weighted by atomic mass is 10.1. The fraction of sp³-hybridized carbons (Fsp3) is 0.353. The second-order valence-electron chi connectivity index (χ2n) is 7.19. The Morgan fingerprint density at radius 2 is 2.08 bits per heavy atom. The number of hydrazine groups is 1. The molecule has 0 saturated heterocycles. The summed E-state index contributed by atoms with van der Waals surface area (Å²) in [4.78, 5) is 8.82. The molecule has 0 spiro atoms. The number of halogens is 1. The molecule has 4 heterocycles. The summed E-state index contributed by atoms with van der Waals surface area (Å²) in [6, 6.07) is 8.32. The number of fused-ring (bicyclic) bond motifs is 6. The second-order valence-corrected chi connectivity index (χ2v) is 7.62. The largest absolute Gasteiger partial charge is 0.305 e. The van der Waals surface area contributed by atoms with Crippen LogP contribution in [-0.4, -0.2) is 37.5 Å². The number of para-hydroxylation sites is 1. The van der Waals surface area contributed by atoms with Gasteiger partial charge in [0.25, 0.3) is 0 Å². The van der Waals surface area contributed by atoms with E-state index in [9.17, 15) is 0 Å². The van der Waals surface area contributed by atoms with Gasteiger partial charge in [-0.25, -0.2) is 10.0 Å². The number of hydrogen-bond acceptors (Lipinski definition) is 7. The third-order valence-electron chi connectivity index (χ3n) is 5.55. The van der Waals surface area contributed by atoms with E-state index < -0.39 is 0 Å². The van der Waals surface area contributed by atoms with Crippen LogP contribution in [0.2, 0.25) is 0 Å². The van der Waals surface area contributed by atoms with Crippen LogP contribution in [0, 0.1) is 5.92 Å². The van der Waals surface area contributed by atoms with E-state index >= 15 is 0 Å². The van der Waals surface area contributed by atoms with Crippen molar-refractivity contribution in [2.24, 2.45) is 10.9 Å². The lowest BCUT2D eigenvalue weighted by Gasteiger charge is -2.42. The van der Waals surface area contributed by atoms with Crippen LogP contribution >= 0.6 is 11.8 Å². The fourth-order valence-corrected chi connectivity index (χ4v) is 4.28. The third-order valence-corrected chi connectivity index (χ3v) is 5.76. The molecule has 2 aromatic rings. The zero-order valence-corrected chi connectivity index (χ0v) is 14.9. The lowest BCUT2D eigenvalue weighted by molar-refractivity contribution is 0.223. The first kappa shape index (κ1) is 14.4. The second kappa shape index (κ2) is 4.91. The van der Waals surface area contributed by atoms with E-state index in [0.717, 1.165) is 22.8 Å². The molecule has 3 unspecified atom stereocenters. The molecule has 8 nitrogen and oxygen atoms in total. The van der Waals surface area contributed by atoms with Gasteiger partial charge in [0.2, 0.25) is 0 Å². The van der Waals surface area contributed by atoms with Gasteiger partial charge in [-0.15, -0.1) is 9.89 Å². The molecule has 0 bridgehead atoms. The van der Waals surface area contributed by atoms with Gasteiger partial charge in [-0.2, -0.15) is 5.12 Å². The lowest BCUT2D eigenvalue weighted by Crippen LogP contribution is -2.51. The fourth-order valence-electron chi connectivity index (χ4n) is 4.09. The minimum atomic E-state index is -0.134. The summed E-state index contributed by atoms with van der Waals surface area (Å²) < 4.78 is 1.66. The highest BCUT2D eigenvalue weighted by atomic mass is 35.5. The summed E-state index contributed by atoms with van der Waals surface area (Å²) in [6.07, 6.45) is 6.67. The molecule has 132 valence electrons. The number of aromatic nitrogens is 3. The topological polar surface area (TPSA) is 56.0 Å². The Morgan fingerprint density at radius 3 is 2.92 bits per heavy atom. The molecule has 3 aliphatic heterocycles. The summed E-state index contributed by atoms with van der Waals surface area (Å²) in [5.41, 5.74) is 3.41. The molecule has 26 heavy (non-hydrogen) atoms. The molecule has 0 amide bonds. The Kier molecular flexibility index (Phi) is 2.73. The van der Waals surface area contributed by atoms with Crippen LogP contribution in [0.4, 0.5) is 5.69 Å². The molecule has 4 aliphatic rings. The Balaban J connectivity index is 1.47. The molecule has 0 N–H and O–H groups in total. The Hall–Kier alpha value is -2.74. The number of rotatable bonds is 2. The average Bonchev–Trinajstić information content (AvgIpc) is 3.05. The number of nitrogens with zero attached hydrogens (tertiary/aromatic N) is 8. The highest BCUT2D eigenvalue weighted by molar-refractivity contribution is 6.14. The minimum absolute atomic E-state index is 0.134. The van der Waals surface area contributed by atoms with E-state index in [1.54, 1.807) is 4.42 Å². The standard InChI is InChI=1S/C17H17ClN8/c1-11-6-13(11)15-7-20-21-26(15)24-9-19-17-12-4-2-3-5-14(12)23-10-22(18)8-16(23)25(17)24/h2-5,7-9,11,13,17H,6,10H2,1H3. The summed E-state index contributed by atoms with van der Waals surface area (Å²) >= 11 is 6.32. The van der Waals surface area contributed by atoms with E-state index in [1.165, 1.54) is 6.42 Å². The number of hydrogen-bond donors (Lipinski definition) is 0. The summed E-state index contributed by atoms with van der Waals surface area (Å²) in [5, 5.41) is 12.6. The first-order valence-electron chi connectivity index (χ1n) is 8.75. The van der Waals surface area contributed by atoms with Crippen molar-refractivity contribution in [1.82, 2.24) is 24.5 Å². The monoisotopic (exact) mass is 368 g/mol.